The maximum absolute atomic E-state index is 12.7. The minimum Gasteiger partial charge on any atom is -0.508 e. The fourth-order valence-corrected chi connectivity index (χ4v) is 2.38. The van der Waals surface area contributed by atoms with Crippen LogP contribution in [0.15, 0.2) is 67.1 Å². The maximum atomic E-state index is 12.7. The highest BCUT2D eigenvalue weighted by atomic mass is 16.5. The summed E-state index contributed by atoms with van der Waals surface area (Å²) in [6.45, 7) is 3.62. The Balaban J connectivity index is 1.69. The molecule has 1 amide bonds. The summed E-state index contributed by atoms with van der Waals surface area (Å²) in [6, 6.07) is 15.4. The molecular formula is C20H19N3O3. The lowest BCUT2D eigenvalue weighted by Crippen LogP contribution is -2.34. The molecule has 3 rings (SSSR count). The van der Waals surface area contributed by atoms with E-state index in [1.807, 2.05) is 19.9 Å². The molecule has 0 saturated heterocycles. The molecule has 0 aliphatic heterocycles. The molecule has 0 aliphatic carbocycles. The second kappa shape index (κ2) is 7.23. The number of benzene rings is 2. The minimum absolute atomic E-state index is 0.134. The first-order chi connectivity index (χ1) is 12.4. The van der Waals surface area contributed by atoms with E-state index in [2.05, 4.69) is 15.3 Å². The van der Waals surface area contributed by atoms with Gasteiger partial charge in [0.05, 0.1) is 5.41 Å². The van der Waals surface area contributed by atoms with Crippen molar-refractivity contribution < 1.29 is 14.6 Å². The van der Waals surface area contributed by atoms with Crippen LogP contribution in [0.5, 0.6) is 17.4 Å². The van der Waals surface area contributed by atoms with Crippen molar-refractivity contribution >= 4 is 11.6 Å². The largest absolute Gasteiger partial charge is 0.508 e. The lowest BCUT2D eigenvalue weighted by atomic mass is 9.83. The Bertz CT molecular complexity index is 894. The zero-order valence-electron chi connectivity index (χ0n) is 14.5. The van der Waals surface area contributed by atoms with Crippen molar-refractivity contribution in [1.82, 2.24) is 9.97 Å². The van der Waals surface area contributed by atoms with Crippen LogP contribution in [0.25, 0.3) is 0 Å². The first-order valence-electron chi connectivity index (χ1n) is 8.10. The van der Waals surface area contributed by atoms with Gasteiger partial charge in [0.2, 0.25) is 11.8 Å². The van der Waals surface area contributed by atoms with Crippen LogP contribution >= 0.6 is 0 Å². The Labute approximate surface area is 151 Å². The maximum Gasteiger partial charge on any atom is 0.234 e. The number of carbonyl (C=O) groups is 1. The van der Waals surface area contributed by atoms with Gasteiger partial charge < -0.3 is 15.2 Å². The Kier molecular flexibility index (Phi) is 4.84. The smallest absolute Gasteiger partial charge is 0.234 e. The Morgan fingerprint density at radius 1 is 1.12 bits per heavy atom. The highest BCUT2D eigenvalue weighted by Gasteiger charge is 2.30. The monoisotopic (exact) mass is 349 g/mol. The number of nitrogens with one attached hydrogen (secondary N) is 1. The number of hydrogen-bond donors (Lipinski definition) is 2. The van der Waals surface area contributed by atoms with E-state index in [4.69, 9.17) is 4.74 Å². The molecule has 1 heterocycles. The van der Waals surface area contributed by atoms with E-state index in [0.717, 1.165) is 5.56 Å². The van der Waals surface area contributed by atoms with E-state index in [-0.39, 0.29) is 11.7 Å². The molecular weight excluding hydrogens is 330 g/mol. The first kappa shape index (κ1) is 17.4. The average Bonchev–Trinajstić information content (AvgIpc) is 2.64. The molecule has 0 atom stereocenters. The van der Waals surface area contributed by atoms with Crippen LogP contribution in [0.3, 0.4) is 0 Å². The standard InChI is InChI=1S/C20H19N3O3/c1-20(2,14-4-3-5-16(24)12-14)19(25)23-15-6-8-17(9-7-15)26-18-10-11-21-13-22-18/h3-13,24H,1-2H3,(H,23,25). The van der Waals surface area contributed by atoms with Gasteiger partial charge in [-0.2, -0.15) is 0 Å². The van der Waals surface area contributed by atoms with Crippen LogP contribution in [-0.2, 0) is 10.2 Å². The number of amides is 1. The summed E-state index contributed by atoms with van der Waals surface area (Å²) in [5, 5.41) is 12.5. The summed E-state index contributed by atoms with van der Waals surface area (Å²) in [5.41, 5.74) is 0.589. The molecule has 132 valence electrons. The molecule has 0 saturated carbocycles. The molecule has 0 spiro atoms. The third-order valence-corrected chi connectivity index (χ3v) is 4.02. The Morgan fingerprint density at radius 2 is 1.88 bits per heavy atom. The molecule has 0 unspecified atom stereocenters. The third kappa shape index (κ3) is 3.97. The fourth-order valence-electron chi connectivity index (χ4n) is 2.38. The normalized spacial score (nSPS) is 11.0. The van der Waals surface area contributed by atoms with Crippen molar-refractivity contribution in [2.45, 2.75) is 19.3 Å². The SMILES string of the molecule is CC(C)(C(=O)Nc1ccc(Oc2ccncn2)cc1)c1cccc(O)c1. The van der Waals surface area contributed by atoms with Crippen molar-refractivity contribution in [3.05, 3.63) is 72.7 Å². The van der Waals surface area contributed by atoms with Gasteiger partial charge in [0, 0.05) is 18.0 Å². The summed E-state index contributed by atoms with van der Waals surface area (Å²) < 4.78 is 5.60. The summed E-state index contributed by atoms with van der Waals surface area (Å²) in [6.07, 6.45) is 3.01. The van der Waals surface area contributed by atoms with E-state index in [1.54, 1.807) is 54.7 Å². The summed E-state index contributed by atoms with van der Waals surface area (Å²) in [5.74, 6) is 1.01. The number of phenols is 1. The van der Waals surface area contributed by atoms with Crippen molar-refractivity contribution in [2.75, 3.05) is 5.32 Å². The second-order valence-corrected chi connectivity index (χ2v) is 6.30. The minimum atomic E-state index is -0.797. The van der Waals surface area contributed by atoms with Crippen LogP contribution < -0.4 is 10.1 Å². The quantitative estimate of drug-likeness (QED) is 0.730. The van der Waals surface area contributed by atoms with Crippen LogP contribution in [-0.4, -0.2) is 21.0 Å². The van der Waals surface area contributed by atoms with Gasteiger partial charge in [0.1, 0.15) is 17.8 Å². The van der Waals surface area contributed by atoms with Crippen LogP contribution in [0, 0.1) is 0 Å². The molecule has 26 heavy (non-hydrogen) atoms. The van der Waals surface area contributed by atoms with Gasteiger partial charge >= 0.3 is 0 Å². The van der Waals surface area contributed by atoms with Gasteiger partial charge in [-0.3, -0.25) is 4.79 Å². The number of carbonyl (C=O) groups excluding carboxylic acids is 1. The van der Waals surface area contributed by atoms with Gasteiger partial charge in [-0.15, -0.1) is 0 Å². The average molecular weight is 349 g/mol. The van der Waals surface area contributed by atoms with Crippen molar-refractivity contribution in [3.63, 3.8) is 0 Å². The predicted octanol–water partition coefficient (Wildman–Crippen LogP) is 3.89. The topological polar surface area (TPSA) is 84.3 Å². The molecule has 6 heteroatoms. The number of hydrogen-bond acceptors (Lipinski definition) is 5. The summed E-state index contributed by atoms with van der Waals surface area (Å²) in [4.78, 5) is 20.5. The van der Waals surface area contributed by atoms with E-state index < -0.39 is 5.41 Å². The van der Waals surface area contributed by atoms with Crippen LogP contribution in [0.4, 0.5) is 5.69 Å². The molecule has 0 bridgehead atoms. The molecule has 0 fully saturated rings. The number of rotatable bonds is 5. The Morgan fingerprint density at radius 3 is 2.54 bits per heavy atom. The highest BCUT2D eigenvalue weighted by Crippen LogP contribution is 2.28. The molecule has 2 N–H and O–H groups in total. The van der Waals surface area contributed by atoms with Crippen molar-refractivity contribution in [3.8, 4) is 17.4 Å². The van der Waals surface area contributed by atoms with Crippen LogP contribution in [0.1, 0.15) is 19.4 Å². The summed E-state index contributed by atoms with van der Waals surface area (Å²) >= 11 is 0. The zero-order chi connectivity index (χ0) is 18.6. The predicted molar refractivity (Wildman–Crippen MR) is 98.3 cm³/mol. The van der Waals surface area contributed by atoms with Gasteiger partial charge in [0.15, 0.2) is 0 Å². The fraction of sp³-hybridized carbons (Fsp3) is 0.150. The number of nitrogens with zero attached hydrogens (tertiary/aromatic N) is 2. The third-order valence-electron chi connectivity index (χ3n) is 4.02. The van der Waals surface area contributed by atoms with Gasteiger partial charge in [-0.25, -0.2) is 9.97 Å². The van der Waals surface area contributed by atoms with Gasteiger partial charge in [0.25, 0.3) is 0 Å². The Hall–Kier alpha value is -3.41. The van der Waals surface area contributed by atoms with Crippen LogP contribution in [0.2, 0.25) is 0 Å². The van der Waals surface area contributed by atoms with E-state index in [9.17, 15) is 9.90 Å². The lowest BCUT2D eigenvalue weighted by Gasteiger charge is -2.24. The highest BCUT2D eigenvalue weighted by molar-refractivity contribution is 5.98. The summed E-state index contributed by atoms with van der Waals surface area (Å²) in [7, 11) is 0. The second-order valence-electron chi connectivity index (χ2n) is 6.30. The molecule has 3 aromatic rings. The zero-order valence-corrected chi connectivity index (χ0v) is 14.5. The molecule has 0 aliphatic rings. The van der Waals surface area contributed by atoms with E-state index >= 15 is 0 Å². The molecule has 0 radical (unpaired) electrons. The van der Waals surface area contributed by atoms with Gasteiger partial charge in [-0.05, 0) is 55.8 Å². The number of ether oxygens (including phenoxy) is 1. The molecule has 6 nitrogen and oxygen atoms in total. The molecule has 2 aromatic carbocycles. The van der Waals surface area contributed by atoms with Gasteiger partial charge in [-0.1, -0.05) is 12.1 Å². The number of aromatic hydroxyl groups is 1. The number of phenolic OH excluding ortho intramolecular Hbond substituents is 1. The van der Waals surface area contributed by atoms with E-state index in [0.29, 0.717) is 17.3 Å². The number of aromatic nitrogens is 2. The lowest BCUT2D eigenvalue weighted by molar-refractivity contribution is -0.120. The first-order valence-corrected chi connectivity index (χ1v) is 8.10. The van der Waals surface area contributed by atoms with Crippen molar-refractivity contribution in [1.29, 1.82) is 0 Å². The van der Waals surface area contributed by atoms with E-state index in [1.165, 1.54) is 6.33 Å². The molecule has 1 aromatic heterocycles. The van der Waals surface area contributed by atoms with Crippen molar-refractivity contribution in [2.24, 2.45) is 0 Å². The number of anilines is 1.